The smallest absolute Gasteiger partial charge is 0.184 e. The minimum Gasteiger partial charge on any atom is -0.393 e. The van der Waals surface area contributed by atoms with E-state index in [9.17, 15) is 15.0 Å². The topological polar surface area (TPSA) is 57.5 Å². The minimum atomic E-state index is -0.810. The number of aliphatic hydroxyl groups excluding tert-OH is 2. The van der Waals surface area contributed by atoms with Crippen LogP contribution in [0.15, 0.2) is 11.6 Å². The molecule has 3 saturated carbocycles. The van der Waals surface area contributed by atoms with E-state index in [0.717, 1.165) is 38.5 Å². The maximum absolute atomic E-state index is 11.9. The fourth-order valence-corrected chi connectivity index (χ4v) is 6.59. The molecule has 4 rings (SSSR count). The van der Waals surface area contributed by atoms with Crippen LogP contribution in [0.3, 0.4) is 0 Å². The monoisotopic (exact) mass is 304 g/mol. The van der Waals surface area contributed by atoms with E-state index in [-0.39, 0.29) is 22.7 Å². The largest absolute Gasteiger partial charge is 0.393 e. The average molecular weight is 304 g/mol. The number of carbonyl (C=O) groups excluding carboxylic acids is 1. The first kappa shape index (κ1) is 14.9. The van der Waals surface area contributed by atoms with Gasteiger partial charge < -0.3 is 10.2 Å². The van der Waals surface area contributed by atoms with Gasteiger partial charge in [-0.1, -0.05) is 19.4 Å². The van der Waals surface area contributed by atoms with E-state index in [1.165, 1.54) is 5.57 Å². The van der Waals surface area contributed by atoms with Crippen molar-refractivity contribution in [1.29, 1.82) is 0 Å². The molecule has 122 valence electrons. The molecule has 2 N–H and O–H groups in total. The van der Waals surface area contributed by atoms with E-state index >= 15 is 0 Å². The van der Waals surface area contributed by atoms with Gasteiger partial charge in [-0.25, -0.2) is 0 Å². The van der Waals surface area contributed by atoms with Gasteiger partial charge in [0.2, 0.25) is 0 Å². The lowest BCUT2D eigenvalue weighted by molar-refractivity contribution is -0.128. The van der Waals surface area contributed by atoms with Crippen molar-refractivity contribution in [2.45, 2.75) is 71.0 Å². The maximum Gasteiger partial charge on any atom is 0.184 e. The number of ketones is 1. The van der Waals surface area contributed by atoms with Gasteiger partial charge in [0, 0.05) is 0 Å². The number of rotatable bonds is 0. The number of hydrogen-bond acceptors (Lipinski definition) is 3. The Bertz CT molecular complexity index is 539. The maximum atomic E-state index is 11.9. The molecule has 3 heteroatoms. The predicted molar refractivity (Wildman–Crippen MR) is 84.1 cm³/mol. The van der Waals surface area contributed by atoms with Crippen molar-refractivity contribution in [1.82, 2.24) is 0 Å². The Morgan fingerprint density at radius 3 is 2.64 bits per heavy atom. The minimum absolute atomic E-state index is 0.00881. The van der Waals surface area contributed by atoms with Gasteiger partial charge >= 0.3 is 0 Å². The second-order valence-electron chi connectivity index (χ2n) is 8.76. The molecule has 3 fully saturated rings. The number of hydrogen-bond donors (Lipinski definition) is 2. The zero-order chi connectivity index (χ0) is 15.7. The molecule has 0 unspecified atom stereocenters. The summed E-state index contributed by atoms with van der Waals surface area (Å²) in [5, 5.41) is 20.6. The Hall–Kier alpha value is -0.670. The standard InChI is InChI=1S/C19H28O3/c1-18-8-7-14-12(13(18)5-6-17(18)22)4-3-11-9-15(20)16(21)10-19(11,14)2/h9,12-14,16-17,21-22H,3-8,10H2,1-2H3/t12-,13+,14-,16+,17+,18-,19-/m0/s1. The van der Waals surface area contributed by atoms with Gasteiger partial charge in [0.05, 0.1) is 6.10 Å². The van der Waals surface area contributed by atoms with Gasteiger partial charge in [-0.3, -0.25) is 4.79 Å². The lowest BCUT2D eigenvalue weighted by atomic mass is 9.47. The van der Waals surface area contributed by atoms with E-state index in [0.29, 0.717) is 24.2 Å². The highest BCUT2D eigenvalue weighted by Crippen LogP contribution is 2.65. The molecule has 0 saturated heterocycles. The summed E-state index contributed by atoms with van der Waals surface area (Å²) < 4.78 is 0. The van der Waals surface area contributed by atoms with Gasteiger partial charge in [-0.2, -0.15) is 0 Å². The molecule has 0 aliphatic heterocycles. The molecule has 0 aromatic rings. The Balaban J connectivity index is 1.70. The van der Waals surface area contributed by atoms with Crippen LogP contribution in [-0.2, 0) is 4.79 Å². The number of carbonyl (C=O) groups is 1. The van der Waals surface area contributed by atoms with Crippen molar-refractivity contribution in [3.63, 3.8) is 0 Å². The lowest BCUT2D eigenvalue weighted by Crippen LogP contribution is -2.52. The SMILES string of the molecule is C[C@]12CC[C@H]3[C@@H](CCC4=CC(=O)[C@H](O)C[C@@]43C)[C@H]1CC[C@H]2O. The zero-order valence-corrected chi connectivity index (χ0v) is 13.7. The first-order valence-corrected chi connectivity index (χ1v) is 8.97. The molecule has 4 aliphatic carbocycles. The molecule has 22 heavy (non-hydrogen) atoms. The van der Waals surface area contributed by atoms with Gasteiger partial charge in [0.15, 0.2) is 5.78 Å². The summed E-state index contributed by atoms with van der Waals surface area (Å²) in [5.74, 6) is 1.74. The summed E-state index contributed by atoms with van der Waals surface area (Å²) in [6.45, 7) is 4.57. The number of allylic oxidation sites excluding steroid dienone is 1. The summed E-state index contributed by atoms with van der Waals surface area (Å²) in [7, 11) is 0. The third kappa shape index (κ3) is 1.78. The first-order valence-electron chi connectivity index (χ1n) is 8.97. The van der Waals surface area contributed by atoms with Crippen molar-refractivity contribution < 1.29 is 15.0 Å². The fraction of sp³-hybridized carbons (Fsp3) is 0.842. The highest BCUT2D eigenvalue weighted by molar-refractivity contribution is 5.95. The van der Waals surface area contributed by atoms with E-state index < -0.39 is 6.10 Å². The molecule has 7 atom stereocenters. The molecule has 0 spiro atoms. The predicted octanol–water partition coefficient (Wildman–Crippen LogP) is 2.85. The molecule has 0 aromatic carbocycles. The second-order valence-corrected chi connectivity index (χ2v) is 8.76. The van der Waals surface area contributed by atoms with Crippen molar-refractivity contribution >= 4 is 5.78 Å². The van der Waals surface area contributed by atoms with Crippen LogP contribution in [0.25, 0.3) is 0 Å². The molecular formula is C19H28O3. The number of aliphatic hydroxyl groups is 2. The lowest BCUT2D eigenvalue weighted by Gasteiger charge is -2.58. The summed E-state index contributed by atoms with van der Waals surface area (Å²) in [5.41, 5.74) is 1.37. The summed E-state index contributed by atoms with van der Waals surface area (Å²) in [6, 6.07) is 0. The van der Waals surface area contributed by atoms with Crippen molar-refractivity contribution in [2.75, 3.05) is 0 Å². The fourth-order valence-electron chi connectivity index (χ4n) is 6.59. The highest BCUT2D eigenvalue weighted by Gasteiger charge is 2.59. The number of fused-ring (bicyclic) bond motifs is 5. The Morgan fingerprint density at radius 2 is 1.86 bits per heavy atom. The van der Waals surface area contributed by atoms with E-state index in [1.807, 2.05) is 0 Å². The second kappa shape index (κ2) is 4.67. The molecule has 0 amide bonds. The van der Waals surface area contributed by atoms with E-state index in [2.05, 4.69) is 13.8 Å². The molecule has 4 aliphatic rings. The van der Waals surface area contributed by atoms with Gasteiger partial charge in [-0.05, 0) is 79.6 Å². The van der Waals surface area contributed by atoms with Crippen LogP contribution in [0, 0.1) is 28.6 Å². The summed E-state index contributed by atoms with van der Waals surface area (Å²) in [6.07, 6.45) is 7.88. The van der Waals surface area contributed by atoms with E-state index in [4.69, 9.17) is 0 Å². The normalized spacial score (nSPS) is 54.3. The highest BCUT2D eigenvalue weighted by atomic mass is 16.3. The van der Waals surface area contributed by atoms with Crippen LogP contribution in [0.5, 0.6) is 0 Å². The molecule has 0 aromatic heterocycles. The van der Waals surface area contributed by atoms with Crippen LogP contribution in [0.4, 0.5) is 0 Å². The van der Waals surface area contributed by atoms with Crippen molar-refractivity contribution in [3.8, 4) is 0 Å². The van der Waals surface area contributed by atoms with Crippen LogP contribution < -0.4 is 0 Å². The Labute approximate surface area is 132 Å². The van der Waals surface area contributed by atoms with Crippen molar-refractivity contribution in [2.24, 2.45) is 28.6 Å². The molecule has 3 nitrogen and oxygen atoms in total. The molecular weight excluding hydrogens is 276 g/mol. The van der Waals surface area contributed by atoms with Gasteiger partial charge in [-0.15, -0.1) is 0 Å². The molecule has 0 heterocycles. The van der Waals surface area contributed by atoms with Gasteiger partial charge in [0.25, 0.3) is 0 Å². The quantitative estimate of drug-likeness (QED) is 0.723. The third-order valence-electron chi connectivity index (χ3n) is 7.95. The molecule has 0 bridgehead atoms. The zero-order valence-electron chi connectivity index (χ0n) is 13.7. The van der Waals surface area contributed by atoms with Crippen LogP contribution in [-0.4, -0.2) is 28.2 Å². The summed E-state index contributed by atoms with van der Waals surface area (Å²) in [4.78, 5) is 11.9. The van der Waals surface area contributed by atoms with Crippen LogP contribution in [0.1, 0.15) is 58.8 Å². The molecule has 0 radical (unpaired) electrons. The Kier molecular flexibility index (Phi) is 3.16. The van der Waals surface area contributed by atoms with Crippen LogP contribution >= 0.6 is 0 Å². The van der Waals surface area contributed by atoms with E-state index in [1.54, 1.807) is 6.08 Å². The van der Waals surface area contributed by atoms with Gasteiger partial charge in [0.1, 0.15) is 6.10 Å². The third-order valence-corrected chi connectivity index (χ3v) is 7.95. The Morgan fingerprint density at radius 1 is 1.09 bits per heavy atom. The first-order chi connectivity index (χ1) is 10.4. The van der Waals surface area contributed by atoms with Crippen molar-refractivity contribution in [3.05, 3.63) is 11.6 Å². The summed E-state index contributed by atoms with van der Waals surface area (Å²) >= 11 is 0. The average Bonchev–Trinajstić information content (AvgIpc) is 2.77. The van der Waals surface area contributed by atoms with Crippen LogP contribution in [0.2, 0.25) is 0 Å².